The van der Waals surface area contributed by atoms with E-state index in [4.69, 9.17) is 14.2 Å². The molecule has 0 spiro atoms. The molecule has 0 aromatic heterocycles. The summed E-state index contributed by atoms with van der Waals surface area (Å²) in [7, 11) is -6.04. The summed E-state index contributed by atoms with van der Waals surface area (Å²) >= 11 is 0. The molecule has 1 heterocycles. The van der Waals surface area contributed by atoms with Crippen molar-refractivity contribution in [1.29, 1.82) is 0 Å². The quantitative estimate of drug-likeness (QED) is 0.0873. The Morgan fingerprint density at radius 1 is 0.956 bits per heavy atom. The molecular formula is C32H42F4O7S2. The summed E-state index contributed by atoms with van der Waals surface area (Å²) in [5.41, 5.74) is -0.811. The SMILES string of the molecule is CC(C)(C)OC(=O)OC1CC2CC1CC2C(F)(F)C(F)(F)S(=O)(=O)[O-].CCCCOc1ccc([S+]2CCCC2)c2ccccc12. The van der Waals surface area contributed by atoms with Gasteiger partial charge in [0.05, 0.1) is 6.61 Å². The fourth-order valence-corrected chi connectivity index (χ4v) is 9.40. The van der Waals surface area contributed by atoms with Gasteiger partial charge in [0.1, 0.15) is 29.0 Å². The number of halogens is 4. The number of fused-ring (bicyclic) bond motifs is 3. The summed E-state index contributed by atoms with van der Waals surface area (Å²) in [4.78, 5) is 13.2. The van der Waals surface area contributed by atoms with Crippen molar-refractivity contribution < 1.29 is 49.5 Å². The molecule has 2 aromatic carbocycles. The largest absolute Gasteiger partial charge is 0.743 e. The molecule has 2 saturated carbocycles. The molecular weight excluding hydrogens is 636 g/mol. The third-order valence-electron chi connectivity index (χ3n) is 8.54. The number of benzene rings is 2. The van der Waals surface area contributed by atoms with Crippen molar-refractivity contribution in [3.05, 3.63) is 36.4 Å². The number of hydrogen-bond acceptors (Lipinski definition) is 7. The first-order valence-electron chi connectivity index (χ1n) is 15.4. The van der Waals surface area contributed by atoms with Crippen molar-refractivity contribution in [3.63, 3.8) is 0 Å². The van der Waals surface area contributed by atoms with Crippen LogP contribution in [0.15, 0.2) is 41.3 Å². The summed E-state index contributed by atoms with van der Waals surface area (Å²) in [6, 6.07) is 13.3. The van der Waals surface area contributed by atoms with E-state index in [2.05, 4.69) is 43.3 Å². The van der Waals surface area contributed by atoms with Crippen LogP contribution in [0.5, 0.6) is 5.75 Å². The van der Waals surface area contributed by atoms with Gasteiger partial charge in [-0.3, -0.25) is 0 Å². The van der Waals surface area contributed by atoms with Crippen molar-refractivity contribution in [2.45, 2.75) is 100 Å². The van der Waals surface area contributed by atoms with Gasteiger partial charge in [-0.05, 0) is 89.3 Å². The van der Waals surface area contributed by atoms with Gasteiger partial charge in [0.15, 0.2) is 15.0 Å². The van der Waals surface area contributed by atoms with Crippen molar-refractivity contribution in [2.24, 2.45) is 17.8 Å². The Balaban J connectivity index is 0.000000209. The molecule has 2 bridgehead atoms. The van der Waals surface area contributed by atoms with Crippen LogP contribution < -0.4 is 4.74 Å². The summed E-state index contributed by atoms with van der Waals surface area (Å²) in [5, 5.41) is -2.98. The second kappa shape index (κ2) is 13.9. The molecule has 2 aromatic rings. The van der Waals surface area contributed by atoms with E-state index in [1.807, 2.05) is 0 Å². The van der Waals surface area contributed by atoms with Crippen LogP contribution >= 0.6 is 0 Å². The van der Waals surface area contributed by atoms with Crippen molar-refractivity contribution in [3.8, 4) is 5.75 Å². The molecule has 3 aliphatic rings. The lowest BCUT2D eigenvalue weighted by molar-refractivity contribution is -0.205. The third kappa shape index (κ3) is 8.01. The van der Waals surface area contributed by atoms with Gasteiger partial charge in [0.2, 0.25) is 0 Å². The number of alkyl halides is 4. The lowest BCUT2D eigenvalue weighted by Gasteiger charge is -2.37. The van der Waals surface area contributed by atoms with Gasteiger partial charge in [-0.1, -0.05) is 31.5 Å². The second-order valence-electron chi connectivity index (χ2n) is 13.0. The zero-order valence-electron chi connectivity index (χ0n) is 26.0. The fraction of sp³-hybridized carbons (Fsp3) is 0.656. The molecule has 1 aliphatic heterocycles. The van der Waals surface area contributed by atoms with Gasteiger partial charge in [-0.15, -0.1) is 0 Å². The van der Waals surface area contributed by atoms with Crippen LogP contribution in [0, 0.1) is 17.8 Å². The van der Waals surface area contributed by atoms with E-state index in [-0.39, 0.29) is 12.8 Å². The minimum Gasteiger partial charge on any atom is -0.743 e. The minimum atomic E-state index is -6.51. The standard InChI is InChI=1S/C18H23OS.C14H20F4O6S/c1-2-3-12-19-17-10-11-18(20-13-6-7-14-20)16-9-5-4-8-15(16)17;1-12(2,3)24-11(19)23-10-6-7-4-8(10)5-9(7)13(15,16)14(17,18)25(20,21)22/h4-5,8-11H,2-3,6-7,12-14H2,1H3;7-10H,4-6H2,1-3H3,(H,20,21,22)/q+1;/p-1. The maximum absolute atomic E-state index is 14.0. The van der Waals surface area contributed by atoms with E-state index >= 15 is 0 Å². The maximum Gasteiger partial charge on any atom is 0.509 e. The van der Waals surface area contributed by atoms with Crippen LogP contribution in [0.4, 0.5) is 22.4 Å². The summed E-state index contributed by atoms with van der Waals surface area (Å²) in [5.74, 6) is -4.72. The van der Waals surface area contributed by atoms with Crippen LogP contribution in [0.3, 0.4) is 0 Å². The van der Waals surface area contributed by atoms with E-state index in [9.17, 15) is 35.3 Å². The second-order valence-corrected chi connectivity index (χ2v) is 16.6. The Morgan fingerprint density at radius 3 is 2.16 bits per heavy atom. The molecule has 0 radical (unpaired) electrons. The number of unbranched alkanes of at least 4 members (excludes halogenated alkanes) is 1. The number of carbonyl (C=O) groups is 1. The Hall–Kier alpha value is -2.25. The Kier molecular flexibility index (Phi) is 11.0. The molecule has 4 atom stereocenters. The highest BCUT2D eigenvalue weighted by molar-refractivity contribution is 7.97. The zero-order chi connectivity index (χ0) is 33.2. The smallest absolute Gasteiger partial charge is 0.509 e. The third-order valence-corrected chi connectivity index (χ3v) is 12.0. The normalized spacial score (nSPS) is 23.9. The van der Waals surface area contributed by atoms with Crippen LogP contribution in [0.25, 0.3) is 10.8 Å². The molecule has 4 unspecified atom stereocenters. The van der Waals surface area contributed by atoms with Crippen molar-refractivity contribution in [2.75, 3.05) is 18.1 Å². The predicted molar refractivity (Wildman–Crippen MR) is 164 cm³/mol. The van der Waals surface area contributed by atoms with Crippen LogP contribution in [-0.4, -0.2) is 60.1 Å². The number of rotatable bonds is 9. The van der Waals surface area contributed by atoms with Crippen LogP contribution in [0.1, 0.15) is 72.6 Å². The highest BCUT2D eigenvalue weighted by Gasteiger charge is 2.69. The molecule has 3 fully saturated rings. The van der Waals surface area contributed by atoms with Gasteiger partial charge in [-0.25, -0.2) is 13.2 Å². The molecule has 5 rings (SSSR count). The monoisotopic (exact) mass is 678 g/mol. The molecule has 252 valence electrons. The Morgan fingerprint density at radius 2 is 1.60 bits per heavy atom. The van der Waals surface area contributed by atoms with Gasteiger partial charge in [-0.2, -0.15) is 17.6 Å². The van der Waals surface area contributed by atoms with Crippen molar-refractivity contribution in [1.82, 2.24) is 0 Å². The summed E-state index contributed by atoms with van der Waals surface area (Å²) < 4.78 is 102. The van der Waals surface area contributed by atoms with Gasteiger partial charge in [0.25, 0.3) is 0 Å². The maximum atomic E-state index is 14.0. The molecule has 1 saturated heterocycles. The Bertz CT molecular complexity index is 1440. The summed E-state index contributed by atoms with van der Waals surface area (Å²) in [6.07, 6.45) is 2.86. The topological polar surface area (TPSA) is 102 Å². The van der Waals surface area contributed by atoms with E-state index in [0.717, 1.165) is 18.8 Å². The molecule has 13 heteroatoms. The van der Waals surface area contributed by atoms with Gasteiger partial charge >= 0.3 is 17.3 Å². The van der Waals surface area contributed by atoms with E-state index in [0.29, 0.717) is 10.9 Å². The average Bonchev–Trinajstić information content (AvgIpc) is 3.70. The molecule has 7 nitrogen and oxygen atoms in total. The molecule has 0 N–H and O–H groups in total. The lowest BCUT2D eigenvalue weighted by Crippen LogP contribution is -2.53. The number of hydrogen-bond donors (Lipinski definition) is 0. The highest BCUT2D eigenvalue weighted by atomic mass is 32.2. The van der Waals surface area contributed by atoms with Gasteiger partial charge < -0.3 is 18.8 Å². The number of carbonyl (C=O) groups excluding carboxylic acids is 1. The minimum absolute atomic E-state index is 0.0860. The summed E-state index contributed by atoms with van der Waals surface area (Å²) in [6.45, 7) is 7.85. The first-order valence-corrected chi connectivity index (χ1v) is 18.4. The van der Waals surface area contributed by atoms with E-state index in [1.165, 1.54) is 41.5 Å². The van der Waals surface area contributed by atoms with Crippen LogP contribution in [-0.2, 0) is 30.5 Å². The lowest BCUT2D eigenvalue weighted by atomic mass is 9.82. The van der Waals surface area contributed by atoms with Crippen molar-refractivity contribution >= 4 is 37.9 Å². The predicted octanol–water partition coefficient (Wildman–Crippen LogP) is 7.92. The average molecular weight is 679 g/mol. The number of ether oxygens (including phenoxy) is 3. The highest BCUT2D eigenvalue weighted by Crippen LogP contribution is 2.58. The fourth-order valence-electron chi connectivity index (χ4n) is 6.41. The zero-order valence-corrected chi connectivity index (χ0v) is 27.7. The van der Waals surface area contributed by atoms with E-state index < -0.39 is 63.3 Å². The first kappa shape index (κ1) is 35.6. The molecule has 2 aliphatic carbocycles. The molecule has 45 heavy (non-hydrogen) atoms. The Labute approximate surface area is 265 Å². The van der Waals surface area contributed by atoms with E-state index in [1.54, 1.807) is 25.7 Å². The first-order chi connectivity index (χ1) is 21.0. The molecule has 0 amide bonds. The van der Waals surface area contributed by atoms with Gasteiger partial charge in [0, 0.05) is 27.6 Å². The van der Waals surface area contributed by atoms with Crippen LogP contribution in [0.2, 0.25) is 0 Å².